The molecule has 1 N–H and O–H groups in total. The number of nitriles is 1. The van der Waals surface area contributed by atoms with E-state index < -0.39 is 0 Å². The number of nitrogens with one attached hydrogen (secondary N) is 1. The molecule has 9 heteroatoms. The number of aryl methyl sites for hydroxylation is 1. The first-order valence-corrected chi connectivity index (χ1v) is 13.4. The summed E-state index contributed by atoms with van der Waals surface area (Å²) in [6.45, 7) is 3.91. The van der Waals surface area contributed by atoms with Crippen LogP contribution >= 0.6 is 0 Å². The Hall–Kier alpha value is -5.49. The van der Waals surface area contributed by atoms with Crippen LogP contribution in [0.25, 0.3) is 38.6 Å². The number of anilines is 1. The zero-order valence-electron chi connectivity index (χ0n) is 22.6. The van der Waals surface area contributed by atoms with Gasteiger partial charge in [0.1, 0.15) is 23.8 Å². The van der Waals surface area contributed by atoms with Crippen molar-refractivity contribution in [2.45, 2.75) is 32.7 Å². The van der Waals surface area contributed by atoms with Crippen LogP contribution in [-0.2, 0) is 0 Å². The molecule has 0 radical (unpaired) electrons. The van der Waals surface area contributed by atoms with Gasteiger partial charge in [-0.2, -0.15) is 5.26 Å². The molecule has 3 aromatic heterocycles. The van der Waals surface area contributed by atoms with Crippen LogP contribution in [0.3, 0.4) is 0 Å². The Kier molecular flexibility index (Phi) is 6.88. The molecule has 3 heterocycles. The van der Waals surface area contributed by atoms with E-state index in [1.807, 2.05) is 55.5 Å². The van der Waals surface area contributed by atoms with E-state index in [1.54, 1.807) is 35.2 Å². The molecule has 1 atom stereocenters. The molecule has 0 amide bonds. The Balaban J connectivity index is 1.59. The molecule has 6 aromatic rings. The van der Waals surface area contributed by atoms with E-state index in [0.29, 0.717) is 51.6 Å². The number of nitrogens with zero attached hydrogens (tertiary/aromatic N) is 7. The Bertz CT molecular complexity index is 1980. The molecular weight excluding hydrogens is 512 g/mol. The molecule has 0 aliphatic carbocycles. The van der Waals surface area contributed by atoms with Gasteiger partial charge in [-0.05, 0) is 55.3 Å². The summed E-state index contributed by atoms with van der Waals surface area (Å²) in [5.41, 5.74) is 3.80. The molecule has 200 valence electrons. The summed E-state index contributed by atoms with van der Waals surface area (Å²) in [7, 11) is 0. The lowest BCUT2D eigenvalue weighted by molar-refractivity contribution is 0.616. The van der Waals surface area contributed by atoms with Crippen molar-refractivity contribution in [2.75, 3.05) is 5.32 Å². The third-order valence-electron chi connectivity index (χ3n) is 6.99. The number of benzene rings is 3. The second-order valence-corrected chi connectivity index (χ2v) is 9.72. The first-order valence-electron chi connectivity index (χ1n) is 13.4. The predicted molar refractivity (Wildman–Crippen MR) is 159 cm³/mol. The van der Waals surface area contributed by atoms with Crippen molar-refractivity contribution in [3.63, 3.8) is 0 Å². The molecule has 0 bridgehead atoms. The monoisotopic (exact) mass is 538 g/mol. The fourth-order valence-corrected chi connectivity index (χ4v) is 5.04. The third kappa shape index (κ3) is 4.87. The van der Waals surface area contributed by atoms with Gasteiger partial charge in [0.05, 0.1) is 39.8 Å². The van der Waals surface area contributed by atoms with Gasteiger partial charge < -0.3 is 5.32 Å². The molecule has 9 nitrogen and oxygen atoms in total. The Labute approximate surface area is 236 Å². The van der Waals surface area contributed by atoms with Crippen molar-refractivity contribution in [3.05, 3.63) is 113 Å². The van der Waals surface area contributed by atoms with Crippen LogP contribution in [0.15, 0.2) is 90.2 Å². The van der Waals surface area contributed by atoms with Gasteiger partial charge in [0.15, 0.2) is 0 Å². The Morgan fingerprint density at radius 1 is 0.951 bits per heavy atom. The lowest BCUT2D eigenvalue weighted by Crippen LogP contribution is -2.29. The maximum absolute atomic E-state index is 14.5. The predicted octanol–water partition coefficient (Wildman–Crippen LogP) is 5.92. The van der Waals surface area contributed by atoms with Crippen LogP contribution in [0.4, 0.5) is 5.82 Å². The molecule has 3 aromatic carbocycles. The smallest absolute Gasteiger partial charge is 0.266 e. The highest BCUT2D eigenvalue weighted by Crippen LogP contribution is 2.31. The van der Waals surface area contributed by atoms with Gasteiger partial charge >= 0.3 is 0 Å². The van der Waals surface area contributed by atoms with Crippen molar-refractivity contribution < 1.29 is 0 Å². The Morgan fingerprint density at radius 2 is 1.76 bits per heavy atom. The molecule has 6 rings (SSSR count). The summed E-state index contributed by atoms with van der Waals surface area (Å²) in [6.07, 6.45) is 6.46. The van der Waals surface area contributed by atoms with Gasteiger partial charge in [-0.1, -0.05) is 43.7 Å². The summed E-state index contributed by atoms with van der Waals surface area (Å²) in [5.74, 6) is 1.80. The average molecular weight is 539 g/mol. The number of hydrogen-bond donors (Lipinski definition) is 1. The van der Waals surface area contributed by atoms with Crippen molar-refractivity contribution in [1.82, 2.24) is 29.5 Å². The molecule has 0 aliphatic heterocycles. The number of rotatable bonds is 7. The second kappa shape index (κ2) is 10.9. The average Bonchev–Trinajstić information content (AvgIpc) is 3.01. The van der Waals surface area contributed by atoms with E-state index in [0.717, 1.165) is 22.9 Å². The normalized spacial score (nSPS) is 11.8. The maximum atomic E-state index is 14.5. The molecule has 0 aliphatic rings. The first-order chi connectivity index (χ1) is 20.1. The highest BCUT2D eigenvalue weighted by molar-refractivity contribution is 5.94. The zero-order valence-corrected chi connectivity index (χ0v) is 22.6. The first kappa shape index (κ1) is 25.8. The molecule has 0 saturated heterocycles. The largest absolute Gasteiger partial charge is 0.359 e. The van der Waals surface area contributed by atoms with Crippen LogP contribution in [0, 0.1) is 18.3 Å². The summed E-state index contributed by atoms with van der Waals surface area (Å²) in [6, 6.07) is 22.3. The van der Waals surface area contributed by atoms with E-state index in [4.69, 9.17) is 4.98 Å². The number of hydrogen-bond acceptors (Lipinski definition) is 8. The minimum absolute atomic E-state index is 0.186. The van der Waals surface area contributed by atoms with Crippen LogP contribution in [0.1, 0.15) is 43.0 Å². The quantitative estimate of drug-likeness (QED) is 0.266. The molecule has 0 spiro atoms. The number of aromatic nitrogens is 6. The van der Waals surface area contributed by atoms with Gasteiger partial charge in [-0.25, -0.2) is 24.9 Å². The lowest BCUT2D eigenvalue weighted by Gasteiger charge is -2.24. The zero-order chi connectivity index (χ0) is 28.3. The third-order valence-corrected chi connectivity index (χ3v) is 6.99. The van der Waals surface area contributed by atoms with Crippen LogP contribution in [0.2, 0.25) is 0 Å². The number of para-hydroxylation sites is 1. The lowest BCUT2D eigenvalue weighted by atomic mass is 10.0. The van der Waals surface area contributed by atoms with Crippen molar-refractivity contribution >= 4 is 27.6 Å². The van der Waals surface area contributed by atoms with E-state index in [2.05, 4.69) is 38.2 Å². The van der Waals surface area contributed by atoms with Gasteiger partial charge in [-0.3, -0.25) is 9.36 Å². The molecule has 0 fully saturated rings. The van der Waals surface area contributed by atoms with E-state index in [9.17, 15) is 10.1 Å². The van der Waals surface area contributed by atoms with Crippen molar-refractivity contribution in [1.29, 1.82) is 5.26 Å². The maximum Gasteiger partial charge on any atom is 0.266 e. The van der Waals surface area contributed by atoms with Gasteiger partial charge in [0.2, 0.25) is 0 Å². The summed E-state index contributed by atoms with van der Waals surface area (Å²) < 4.78 is 1.68. The van der Waals surface area contributed by atoms with E-state index in [-0.39, 0.29) is 11.6 Å². The molecule has 0 saturated carbocycles. The van der Waals surface area contributed by atoms with Crippen LogP contribution in [0.5, 0.6) is 0 Å². The standard InChI is InChI=1S/C32H26N8O/c1-3-8-28(38-30-25-15-21(16-33)13-14-26(25)36-19-37-30)31-39-27-12-7-11-24(22-17-34-20(2)35-18-22)29(27)32(41)40(31)23-9-5-4-6-10-23/h4-7,9-15,17-19,28H,3,8H2,1-2H3,(H,36,37,38)/t28-/m0/s1. The van der Waals surface area contributed by atoms with Crippen molar-refractivity contribution in [3.8, 4) is 22.9 Å². The summed E-state index contributed by atoms with van der Waals surface area (Å²) in [4.78, 5) is 37.1. The molecule has 0 unspecified atom stereocenters. The van der Waals surface area contributed by atoms with Crippen LogP contribution in [-0.4, -0.2) is 29.5 Å². The van der Waals surface area contributed by atoms with Gasteiger partial charge in [0, 0.05) is 23.3 Å². The minimum Gasteiger partial charge on any atom is -0.359 e. The molecular formula is C32H26N8O. The topological polar surface area (TPSA) is 122 Å². The molecule has 41 heavy (non-hydrogen) atoms. The summed E-state index contributed by atoms with van der Waals surface area (Å²) in [5, 5.41) is 14.2. The summed E-state index contributed by atoms with van der Waals surface area (Å²) >= 11 is 0. The Morgan fingerprint density at radius 3 is 2.51 bits per heavy atom. The van der Waals surface area contributed by atoms with E-state index in [1.165, 1.54) is 6.33 Å². The number of fused-ring (bicyclic) bond motifs is 2. The van der Waals surface area contributed by atoms with Crippen LogP contribution < -0.4 is 10.9 Å². The van der Waals surface area contributed by atoms with E-state index >= 15 is 0 Å². The van der Waals surface area contributed by atoms with Gasteiger partial charge in [0.25, 0.3) is 5.56 Å². The fraction of sp³-hybridized carbons (Fsp3) is 0.156. The van der Waals surface area contributed by atoms with Crippen molar-refractivity contribution in [2.24, 2.45) is 0 Å². The fourth-order valence-electron chi connectivity index (χ4n) is 5.04. The highest BCUT2D eigenvalue weighted by Gasteiger charge is 2.23. The highest BCUT2D eigenvalue weighted by atomic mass is 16.1. The second-order valence-electron chi connectivity index (χ2n) is 9.72. The minimum atomic E-state index is -0.368. The van der Waals surface area contributed by atoms with Gasteiger partial charge in [-0.15, -0.1) is 0 Å². The SMILES string of the molecule is CCC[C@H](Nc1ncnc2ccc(C#N)cc12)c1nc2cccc(-c3cnc(C)nc3)c2c(=O)n1-c1ccccc1.